The minimum absolute atomic E-state index is 0.0961. The van der Waals surface area contributed by atoms with Crippen LogP contribution in [0.15, 0.2) is 0 Å². The van der Waals surface area contributed by atoms with Crippen LogP contribution in [0.5, 0.6) is 0 Å². The Balaban J connectivity index is 1.91. The van der Waals surface area contributed by atoms with E-state index in [4.69, 9.17) is 5.73 Å². The highest BCUT2D eigenvalue weighted by molar-refractivity contribution is 5.86. The third kappa shape index (κ3) is 2.17. The summed E-state index contributed by atoms with van der Waals surface area (Å²) in [6, 6.07) is 0.374. The molecule has 0 radical (unpaired) electrons. The highest BCUT2D eigenvalue weighted by Crippen LogP contribution is 2.29. The first-order valence-electron chi connectivity index (χ1n) is 6.22. The van der Waals surface area contributed by atoms with E-state index in [0.717, 1.165) is 32.1 Å². The van der Waals surface area contributed by atoms with Gasteiger partial charge in [-0.05, 0) is 31.6 Å². The van der Waals surface area contributed by atoms with E-state index in [1.54, 1.807) is 0 Å². The maximum atomic E-state index is 12.0. The Morgan fingerprint density at radius 2 is 1.93 bits per heavy atom. The number of carbonyl (C=O) groups excluding carboxylic acids is 1. The predicted octanol–water partition coefficient (Wildman–Crippen LogP) is 1.56. The maximum Gasteiger partial charge on any atom is 0.240 e. The van der Waals surface area contributed by atoms with Crippen LogP contribution < -0.4 is 11.1 Å². The molecule has 2 saturated carbocycles. The molecule has 1 amide bonds. The van der Waals surface area contributed by atoms with Crippen LogP contribution in [0, 0.1) is 5.92 Å². The smallest absolute Gasteiger partial charge is 0.240 e. The summed E-state index contributed by atoms with van der Waals surface area (Å²) >= 11 is 0. The Kier molecular flexibility index (Phi) is 3.01. The molecule has 3 N–H and O–H groups in total. The van der Waals surface area contributed by atoms with Crippen molar-refractivity contribution < 1.29 is 4.79 Å². The van der Waals surface area contributed by atoms with Crippen LogP contribution in [0.2, 0.25) is 0 Å². The summed E-state index contributed by atoms with van der Waals surface area (Å²) in [6.45, 7) is 2.22. The molecule has 15 heavy (non-hydrogen) atoms. The fourth-order valence-electron chi connectivity index (χ4n) is 2.90. The van der Waals surface area contributed by atoms with E-state index in [9.17, 15) is 4.79 Å². The summed E-state index contributed by atoms with van der Waals surface area (Å²) in [5, 5.41) is 3.15. The molecule has 2 unspecified atom stereocenters. The van der Waals surface area contributed by atoms with Gasteiger partial charge in [-0.1, -0.05) is 26.2 Å². The summed E-state index contributed by atoms with van der Waals surface area (Å²) in [7, 11) is 0. The van der Waals surface area contributed by atoms with Crippen LogP contribution in [0.1, 0.15) is 51.9 Å². The Labute approximate surface area is 91.8 Å². The molecule has 0 saturated heterocycles. The van der Waals surface area contributed by atoms with Crippen LogP contribution in [0.3, 0.4) is 0 Å². The molecule has 0 aromatic heterocycles. The number of hydrogen-bond acceptors (Lipinski definition) is 2. The van der Waals surface area contributed by atoms with Crippen molar-refractivity contribution in [2.45, 2.75) is 63.5 Å². The van der Waals surface area contributed by atoms with Crippen molar-refractivity contribution in [1.29, 1.82) is 0 Å². The number of rotatable bonds is 2. The molecular weight excluding hydrogens is 188 g/mol. The van der Waals surface area contributed by atoms with Gasteiger partial charge in [0.2, 0.25) is 5.91 Å². The summed E-state index contributed by atoms with van der Waals surface area (Å²) in [6.07, 6.45) is 7.53. The van der Waals surface area contributed by atoms with Crippen LogP contribution in [0.25, 0.3) is 0 Å². The first-order chi connectivity index (χ1) is 7.12. The Bertz CT molecular complexity index is 246. The molecular formula is C12H22N2O. The fraction of sp³-hybridized carbons (Fsp3) is 0.917. The molecule has 2 fully saturated rings. The summed E-state index contributed by atoms with van der Waals surface area (Å²) in [4.78, 5) is 12.0. The highest BCUT2D eigenvalue weighted by Gasteiger charge is 2.38. The van der Waals surface area contributed by atoms with E-state index in [1.807, 2.05) is 0 Å². The van der Waals surface area contributed by atoms with Gasteiger partial charge in [0.25, 0.3) is 0 Å². The third-order valence-electron chi connectivity index (χ3n) is 4.13. The van der Waals surface area contributed by atoms with Gasteiger partial charge in [0, 0.05) is 6.04 Å². The van der Waals surface area contributed by atoms with E-state index >= 15 is 0 Å². The molecule has 0 aromatic rings. The second kappa shape index (κ2) is 4.12. The van der Waals surface area contributed by atoms with Gasteiger partial charge >= 0.3 is 0 Å². The minimum Gasteiger partial charge on any atom is -0.352 e. The van der Waals surface area contributed by atoms with Crippen LogP contribution in [0.4, 0.5) is 0 Å². The Morgan fingerprint density at radius 1 is 1.27 bits per heavy atom. The summed E-state index contributed by atoms with van der Waals surface area (Å²) < 4.78 is 0. The highest BCUT2D eigenvalue weighted by atomic mass is 16.2. The maximum absolute atomic E-state index is 12.0. The zero-order chi connectivity index (χ0) is 10.9. The number of hydrogen-bond donors (Lipinski definition) is 2. The van der Waals surface area contributed by atoms with E-state index in [0.29, 0.717) is 12.0 Å². The van der Waals surface area contributed by atoms with Crippen LogP contribution in [-0.4, -0.2) is 17.5 Å². The molecule has 3 heteroatoms. The van der Waals surface area contributed by atoms with Gasteiger partial charge in [-0.2, -0.15) is 0 Å². The lowest BCUT2D eigenvalue weighted by Crippen LogP contribution is -2.54. The van der Waals surface area contributed by atoms with Crippen molar-refractivity contribution in [3.8, 4) is 0 Å². The zero-order valence-electron chi connectivity index (χ0n) is 9.59. The van der Waals surface area contributed by atoms with Gasteiger partial charge in [-0.3, -0.25) is 4.79 Å². The lowest BCUT2D eigenvalue weighted by molar-refractivity contribution is -0.127. The minimum atomic E-state index is -0.553. The standard InChI is InChI=1S/C12H22N2O/c1-9-5-4-6-10(9)14-11(15)12(13)7-2-3-8-12/h9-10H,2-8,13H2,1H3,(H,14,15). The van der Waals surface area contributed by atoms with E-state index < -0.39 is 5.54 Å². The molecule has 86 valence electrons. The molecule has 0 aromatic carbocycles. The van der Waals surface area contributed by atoms with Crippen molar-refractivity contribution in [2.24, 2.45) is 11.7 Å². The van der Waals surface area contributed by atoms with Crippen molar-refractivity contribution in [2.75, 3.05) is 0 Å². The van der Waals surface area contributed by atoms with Crippen LogP contribution >= 0.6 is 0 Å². The molecule has 0 spiro atoms. The molecule has 2 aliphatic rings. The van der Waals surface area contributed by atoms with Crippen LogP contribution in [-0.2, 0) is 4.79 Å². The van der Waals surface area contributed by atoms with Crippen molar-refractivity contribution in [3.05, 3.63) is 0 Å². The van der Waals surface area contributed by atoms with E-state index in [1.165, 1.54) is 12.8 Å². The number of carbonyl (C=O) groups is 1. The number of amides is 1. The molecule has 3 nitrogen and oxygen atoms in total. The van der Waals surface area contributed by atoms with Crippen molar-refractivity contribution in [3.63, 3.8) is 0 Å². The number of nitrogens with two attached hydrogens (primary N) is 1. The third-order valence-corrected chi connectivity index (χ3v) is 4.13. The lowest BCUT2D eigenvalue weighted by Gasteiger charge is -2.26. The van der Waals surface area contributed by atoms with Gasteiger partial charge in [0.05, 0.1) is 5.54 Å². The van der Waals surface area contributed by atoms with Crippen molar-refractivity contribution in [1.82, 2.24) is 5.32 Å². The van der Waals surface area contributed by atoms with E-state index in [2.05, 4.69) is 12.2 Å². The Hall–Kier alpha value is -0.570. The van der Waals surface area contributed by atoms with E-state index in [-0.39, 0.29) is 5.91 Å². The molecule has 2 atom stereocenters. The summed E-state index contributed by atoms with van der Waals surface area (Å²) in [5.74, 6) is 0.720. The van der Waals surface area contributed by atoms with Crippen molar-refractivity contribution >= 4 is 5.91 Å². The zero-order valence-corrected chi connectivity index (χ0v) is 9.59. The molecule has 0 heterocycles. The van der Waals surface area contributed by atoms with Gasteiger partial charge in [0.15, 0.2) is 0 Å². The number of nitrogens with one attached hydrogen (secondary N) is 1. The fourth-order valence-corrected chi connectivity index (χ4v) is 2.90. The largest absolute Gasteiger partial charge is 0.352 e. The Morgan fingerprint density at radius 3 is 2.47 bits per heavy atom. The molecule has 2 aliphatic carbocycles. The topological polar surface area (TPSA) is 55.1 Å². The molecule has 2 rings (SSSR count). The van der Waals surface area contributed by atoms with Gasteiger partial charge in [-0.25, -0.2) is 0 Å². The second-order valence-electron chi connectivity index (χ2n) is 5.35. The second-order valence-corrected chi connectivity index (χ2v) is 5.35. The first-order valence-corrected chi connectivity index (χ1v) is 6.22. The average molecular weight is 210 g/mol. The molecule has 0 bridgehead atoms. The lowest BCUT2D eigenvalue weighted by atomic mass is 9.96. The first kappa shape index (κ1) is 10.9. The predicted molar refractivity (Wildman–Crippen MR) is 60.3 cm³/mol. The normalized spacial score (nSPS) is 34.3. The monoisotopic (exact) mass is 210 g/mol. The average Bonchev–Trinajstić information content (AvgIpc) is 2.78. The van der Waals surface area contributed by atoms with Gasteiger partial charge in [0.1, 0.15) is 0 Å². The molecule has 0 aliphatic heterocycles. The summed E-state index contributed by atoms with van der Waals surface area (Å²) in [5.41, 5.74) is 5.56. The SMILES string of the molecule is CC1CCCC1NC(=O)C1(N)CCCC1. The van der Waals surface area contributed by atoms with Gasteiger partial charge in [-0.15, -0.1) is 0 Å². The van der Waals surface area contributed by atoms with Gasteiger partial charge < -0.3 is 11.1 Å². The quantitative estimate of drug-likeness (QED) is 0.726.